The van der Waals surface area contributed by atoms with Crippen molar-refractivity contribution in [3.63, 3.8) is 0 Å². The van der Waals surface area contributed by atoms with Crippen molar-refractivity contribution < 1.29 is 18.7 Å². The summed E-state index contributed by atoms with van der Waals surface area (Å²) in [4.78, 5) is 20.5. The van der Waals surface area contributed by atoms with Crippen molar-refractivity contribution in [2.24, 2.45) is 7.05 Å². The highest BCUT2D eigenvalue weighted by Gasteiger charge is 2.23. The Morgan fingerprint density at radius 1 is 1.57 bits per heavy atom. The number of aryl methyl sites for hydroxylation is 1. The van der Waals surface area contributed by atoms with Gasteiger partial charge in [0.05, 0.1) is 13.2 Å². The number of nitrogens with zero attached hydrogens (tertiary/aromatic N) is 4. The summed E-state index contributed by atoms with van der Waals surface area (Å²) in [6.07, 6.45) is 0.403. The van der Waals surface area contributed by atoms with Crippen LogP contribution in [0.2, 0.25) is 0 Å². The zero-order valence-corrected chi connectivity index (χ0v) is 11.3. The molecule has 21 heavy (non-hydrogen) atoms. The summed E-state index contributed by atoms with van der Waals surface area (Å²) in [5.41, 5.74) is -0.423. The van der Waals surface area contributed by atoms with Gasteiger partial charge in [-0.05, 0) is 6.07 Å². The molecule has 0 spiro atoms. The van der Waals surface area contributed by atoms with E-state index in [1.807, 2.05) is 0 Å². The van der Waals surface area contributed by atoms with Gasteiger partial charge in [0.15, 0.2) is 0 Å². The lowest BCUT2D eigenvalue weighted by molar-refractivity contribution is 0.0692. The minimum absolute atomic E-state index is 0.0327. The first-order chi connectivity index (χ1) is 10.0. The van der Waals surface area contributed by atoms with Crippen LogP contribution in [-0.4, -0.2) is 48.8 Å². The average molecular weight is 299 g/mol. The summed E-state index contributed by atoms with van der Waals surface area (Å²) in [6.45, 7) is -0.0394. The number of rotatable bonds is 6. The fourth-order valence-electron chi connectivity index (χ4n) is 1.90. The molecule has 0 saturated carbocycles. The third-order valence-corrected chi connectivity index (χ3v) is 2.89. The fourth-order valence-corrected chi connectivity index (χ4v) is 1.90. The Bertz CT molecular complexity index is 597. The lowest BCUT2D eigenvalue weighted by Crippen LogP contribution is -2.34. The summed E-state index contributed by atoms with van der Waals surface area (Å²) in [6, 6.07) is 1.06. The Morgan fingerprint density at radius 3 is 2.86 bits per heavy atom. The van der Waals surface area contributed by atoms with E-state index in [0.29, 0.717) is 5.82 Å². The molecule has 2 aromatic rings. The summed E-state index contributed by atoms with van der Waals surface area (Å²) in [7, 11) is 1.42. The predicted molar refractivity (Wildman–Crippen MR) is 68.6 cm³/mol. The summed E-state index contributed by atoms with van der Waals surface area (Å²) in [5.74, 6) is 0.0374. The number of aliphatic hydroxyl groups is 1. The Morgan fingerprint density at radius 2 is 2.33 bits per heavy atom. The molecule has 0 unspecified atom stereocenters. The first-order valence-electron chi connectivity index (χ1n) is 6.23. The van der Waals surface area contributed by atoms with Gasteiger partial charge in [-0.15, -0.1) is 0 Å². The van der Waals surface area contributed by atoms with Crippen molar-refractivity contribution in [3.8, 4) is 0 Å². The Kier molecular flexibility index (Phi) is 4.63. The van der Waals surface area contributed by atoms with Crippen LogP contribution in [0.25, 0.3) is 0 Å². The summed E-state index contributed by atoms with van der Waals surface area (Å²) < 4.78 is 26.4. The van der Waals surface area contributed by atoms with E-state index in [1.54, 1.807) is 6.20 Å². The van der Waals surface area contributed by atoms with Gasteiger partial charge >= 0.3 is 0 Å². The second kappa shape index (κ2) is 6.44. The molecule has 2 N–H and O–H groups in total. The number of aromatic nitrogens is 4. The second-order valence-electron chi connectivity index (χ2n) is 4.36. The molecule has 0 aliphatic heterocycles. The zero-order chi connectivity index (χ0) is 15.4. The van der Waals surface area contributed by atoms with Crippen molar-refractivity contribution in [3.05, 3.63) is 35.7 Å². The predicted octanol–water partition coefficient (Wildman–Crippen LogP) is 0.715. The van der Waals surface area contributed by atoms with Crippen molar-refractivity contribution in [1.82, 2.24) is 24.6 Å². The van der Waals surface area contributed by atoms with Crippen LogP contribution < -0.4 is 0 Å². The lowest BCUT2D eigenvalue weighted by Gasteiger charge is -2.20. The van der Waals surface area contributed by atoms with Crippen LogP contribution in [0.3, 0.4) is 0 Å². The first-order valence-corrected chi connectivity index (χ1v) is 6.23. The van der Waals surface area contributed by atoms with E-state index < -0.39 is 18.0 Å². The van der Waals surface area contributed by atoms with Crippen LogP contribution in [-0.2, 0) is 13.6 Å². The van der Waals surface area contributed by atoms with Gasteiger partial charge < -0.3 is 15.0 Å². The molecular weight excluding hydrogens is 284 g/mol. The van der Waals surface area contributed by atoms with Gasteiger partial charge in [0.1, 0.15) is 17.2 Å². The van der Waals surface area contributed by atoms with E-state index in [9.17, 15) is 13.6 Å². The van der Waals surface area contributed by atoms with Crippen LogP contribution in [0, 0.1) is 0 Å². The van der Waals surface area contributed by atoms with E-state index in [4.69, 9.17) is 5.11 Å². The molecule has 2 aromatic heterocycles. The Labute approximate surface area is 119 Å². The molecule has 0 aromatic carbocycles. The van der Waals surface area contributed by atoms with Gasteiger partial charge in [0.25, 0.3) is 12.3 Å². The van der Waals surface area contributed by atoms with Crippen LogP contribution >= 0.6 is 0 Å². The highest BCUT2D eigenvalue weighted by atomic mass is 19.3. The topological polar surface area (TPSA) is 87.0 Å². The lowest BCUT2D eigenvalue weighted by atomic mass is 10.3. The molecule has 0 aliphatic carbocycles. The largest absolute Gasteiger partial charge is 0.395 e. The minimum Gasteiger partial charge on any atom is -0.395 e. The molecule has 0 saturated heterocycles. The maximum absolute atomic E-state index is 12.6. The van der Waals surface area contributed by atoms with Gasteiger partial charge in [-0.25, -0.2) is 13.8 Å². The molecule has 2 rings (SSSR count). The molecule has 9 heteroatoms. The van der Waals surface area contributed by atoms with Gasteiger partial charge in [-0.1, -0.05) is 0 Å². The van der Waals surface area contributed by atoms with E-state index in [-0.39, 0.29) is 25.4 Å². The number of carbonyl (C=O) groups excluding carboxylic acids is 1. The number of aromatic amines is 1. The van der Waals surface area contributed by atoms with Gasteiger partial charge in [-0.2, -0.15) is 5.10 Å². The Balaban J connectivity index is 2.21. The molecular formula is C12H15F2N5O2. The number of H-pyrrole nitrogens is 1. The standard InChI is InChI=1S/C12H15F2N5O2/c1-18-9(6-8(17-18)11(13)14)12(21)19(4-5-20)7-10-15-2-3-16-10/h2-3,6,11,20H,4-5,7H2,1H3,(H,15,16). The molecule has 2 heterocycles. The van der Waals surface area contributed by atoms with Crippen LogP contribution in [0.5, 0.6) is 0 Å². The third kappa shape index (κ3) is 3.43. The number of hydrogen-bond donors (Lipinski definition) is 2. The minimum atomic E-state index is -2.74. The number of imidazole rings is 1. The van der Waals surface area contributed by atoms with Crippen molar-refractivity contribution in [1.29, 1.82) is 0 Å². The summed E-state index contributed by atoms with van der Waals surface area (Å²) >= 11 is 0. The van der Waals surface area contributed by atoms with Gasteiger partial charge in [0.2, 0.25) is 0 Å². The quantitative estimate of drug-likeness (QED) is 0.822. The number of alkyl halides is 2. The maximum atomic E-state index is 12.6. The number of carbonyl (C=O) groups is 1. The fraction of sp³-hybridized carbons (Fsp3) is 0.417. The number of halogens is 2. The number of aliphatic hydroxyl groups excluding tert-OH is 1. The molecule has 0 bridgehead atoms. The van der Waals surface area contributed by atoms with Crippen molar-refractivity contribution in [2.45, 2.75) is 13.0 Å². The molecule has 0 aliphatic rings. The van der Waals surface area contributed by atoms with Crippen LogP contribution in [0.4, 0.5) is 8.78 Å². The maximum Gasteiger partial charge on any atom is 0.282 e. The SMILES string of the molecule is Cn1nc(C(F)F)cc1C(=O)N(CCO)Cc1ncc[nH]1. The van der Waals surface area contributed by atoms with Crippen molar-refractivity contribution >= 4 is 5.91 Å². The highest BCUT2D eigenvalue weighted by molar-refractivity contribution is 5.92. The molecule has 0 radical (unpaired) electrons. The van der Waals surface area contributed by atoms with E-state index in [0.717, 1.165) is 10.7 Å². The monoisotopic (exact) mass is 299 g/mol. The molecule has 0 atom stereocenters. The van der Waals surface area contributed by atoms with Gasteiger partial charge in [0, 0.05) is 26.0 Å². The first kappa shape index (κ1) is 15.1. The molecule has 0 fully saturated rings. The van der Waals surface area contributed by atoms with E-state index in [1.165, 1.54) is 18.1 Å². The number of amides is 1. The van der Waals surface area contributed by atoms with Gasteiger partial charge in [-0.3, -0.25) is 9.48 Å². The summed E-state index contributed by atoms with van der Waals surface area (Å²) in [5, 5.41) is 12.7. The molecule has 7 nitrogen and oxygen atoms in total. The number of hydrogen-bond acceptors (Lipinski definition) is 4. The second-order valence-corrected chi connectivity index (χ2v) is 4.36. The normalized spacial score (nSPS) is 11.1. The Hall–Kier alpha value is -2.29. The highest BCUT2D eigenvalue weighted by Crippen LogP contribution is 2.19. The number of nitrogens with one attached hydrogen (secondary N) is 1. The van der Waals surface area contributed by atoms with Crippen LogP contribution in [0.15, 0.2) is 18.5 Å². The van der Waals surface area contributed by atoms with E-state index in [2.05, 4.69) is 15.1 Å². The molecule has 114 valence electrons. The smallest absolute Gasteiger partial charge is 0.282 e. The van der Waals surface area contributed by atoms with Crippen LogP contribution in [0.1, 0.15) is 28.4 Å². The van der Waals surface area contributed by atoms with E-state index >= 15 is 0 Å². The molecule has 1 amide bonds. The van der Waals surface area contributed by atoms with Crippen molar-refractivity contribution in [2.75, 3.05) is 13.2 Å². The third-order valence-electron chi connectivity index (χ3n) is 2.89. The zero-order valence-electron chi connectivity index (χ0n) is 11.3. The average Bonchev–Trinajstić information content (AvgIpc) is 3.07.